The molecule has 1 saturated carbocycles. The second-order valence-corrected chi connectivity index (χ2v) is 6.59. The number of hydrogen-bond donors (Lipinski definition) is 1. The molecule has 0 spiro atoms. The van der Waals surface area contributed by atoms with Crippen LogP contribution in [0.15, 0.2) is 0 Å². The lowest BCUT2D eigenvalue weighted by Gasteiger charge is -2.36. The van der Waals surface area contributed by atoms with Crippen LogP contribution in [0.4, 0.5) is 0 Å². The van der Waals surface area contributed by atoms with E-state index < -0.39 is 12.7 Å². The van der Waals surface area contributed by atoms with Crippen LogP contribution < -0.4 is 0 Å². The van der Waals surface area contributed by atoms with Crippen molar-refractivity contribution in [3.63, 3.8) is 0 Å². The summed E-state index contributed by atoms with van der Waals surface area (Å²) in [6.07, 6.45) is 4.30. The Kier molecular flexibility index (Phi) is 3.56. The zero-order chi connectivity index (χ0) is 9.95. The van der Waals surface area contributed by atoms with E-state index in [1.807, 2.05) is 6.92 Å². The minimum atomic E-state index is -2.82. The second kappa shape index (κ2) is 4.12. The van der Waals surface area contributed by atoms with Gasteiger partial charge >= 0.3 is 0 Å². The molecule has 1 atom stereocenters. The van der Waals surface area contributed by atoms with Crippen molar-refractivity contribution in [2.75, 3.05) is 13.3 Å². The van der Waals surface area contributed by atoms with Crippen LogP contribution in [0, 0.1) is 0 Å². The normalized spacial score (nSPS) is 26.7. The predicted molar refractivity (Wildman–Crippen MR) is 53.2 cm³/mol. The van der Waals surface area contributed by atoms with Crippen LogP contribution >= 0.6 is 7.37 Å². The zero-order valence-electron chi connectivity index (χ0n) is 8.45. The molecule has 0 heterocycles. The van der Waals surface area contributed by atoms with E-state index in [9.17, 15) is 9.67 Å². The molecule has 0 aromatic carbocycles. The molecule has 0 bridgehead atoms. The maximum Gasteiger partial charge on any atom is 0.230 e. The van der Waals surface area contributed by atoms with Crippen molar-refractivity contribution in [2.24, 2.45) is 0 Å². The number of hydrogen-bond acceptors (Lipinski definition) is 3. The first-order valence-corrected chi connectivity index (χ1v) is 7.03. The quantitative estimate of drug-likeness (QED) is 0.722. The van der Waals surface area contributed by atoms with E-state index in [0.29, 0.717) is 19.4 Å². The molecule has 78 valence electrons. The molecular formula is C9H19O3P. The monoisotopic (exact) mass is 206 g/mol. The Bertz CT molecular complexity index is 209. The van der Waals surface area contributed by atoms with Crippen molar-refractivity contribution in [3.05, 3.63) is 0 Å². The number of rotatable bonds is 3. The highest BCUT2D eigenvalue weighted by atomic mass is 31.2. The van der Waals surface area contributed by atoms with Gasteiger partial charge < -0.3 is 9.63 Å². The van der Waals surface area contributed by atoms with Gasteiger partial charge in [-0.15, -0.1) is 0 Å². The van der Waals surface area contributed by atoms with Gasteiger partial charge in [-0.05, 0) is 19.8 Å². The Morgan fingerprint density at radius 1 is 1.38 bits per heavy atom. The molecule has 1 fully saturated rings. The first-order chi connectivity index (χ1) is 6.02. The van der Waals surface area contributed by atoms with Crippen LogP contribution in [0.2, 0.25) is 0 Å². The lowest BCUT2D eigenvalue weighted by Crippen LogP contribution is -2.31. The van der Waals surface area contributed by atoms with Gasteiger partial charge in [0, 0.05) is 6.66 Å². The van der Waals surface area contributed by atoms with Crippen LogP contribution in [0.1, 0.15) is 39.0 Å². The van der Waals surface area contributed by atoms with Gasteiger partial charge in [-0.2, -0.15) is 0 Å². The highest BCUT2D eigenvalue weighted by Gasteiger charge is 2.44. The van der Waals surface area contributed by atoms with Crippen LogP contribution in [0.3, 0.4) is 0 Å². The van der Waals surface area contributed by atoms with Crippen LogP contribution in [-0.2, 0) is 9.09 Å². The fraction of sp³-hybridized carbons (Fsp3) is 1.00. The van der Waals surface area contributed by atoms with Gasteiger partial charge in [0.15, 0.2) is 0 Å². The van der Waals surface area contributed by atoms with E-state index in [1.165, 1.54) is 0 Å². The minimum absolute atomic E-state index is 0.413. The van der Waals surface area contributed by atoms with Crippen LogP contribution in [0.5, 0.6) is 0 Å². The summed E-state index contributed by atoms with van der Waals surface area (Å²) in [6.45, 7) is 3.78. The molecule has 1 rings (SSSR count). The lowest BCUT2D eigenvalue weighted by molar-refractivity contribution is 0.0649. The van der Waals surface area contributed by atoms with Crippen molar-refractivity contribution in [2.45, 2.75) is 44.4 Å². The summed E-state index contributed by atoms with van der Waals surface area (Å²) in [5.74, 6) is 0. The summed E-state index contributed by atoms with van der Waals surface area (Å²) in [5, 5.41) is 9.10. The predicted octanol–water partition coefficient (Wildman–Crippen LogP) is 2.58. The molecule has 1 aliphatic carbocycles. The average molecular weight is 206 g/mol. The van der Waals surface area contributed by atoms with Gasteiger partial charge in [0.2, 0.25) is 7.37 Å². The summed E-state index contributed by atoms with van der Waals surface area (Å²) < 4.78 is 17.2. The Morgan fingerprint density at radius 2 is 1.92 bits per heavy atom. The Hall–Kier alpha value is 0.150. The van der Waals surface area contributed by atoms with Gasteiger partial charge in [0.1, 0.15) is 5.34 Å². The van der Waals surface area contributed by atoms with Gasteiger partial charge in [0.05, 0.1) is 6.61 Å². The second-order valence-electron chi connectivity index (χ2n) is 3.81. The summed E-state index contributed by atoms with van der Waals surface area (Å²) >= 11 is 0. The zero-order valence-corrected chi connectivity index (χ0v) is 9.35. The Morgan fingerprint density at radius 3 is 2.38 bits per heavy atom. The van der Waals surface area contributed by atoms with E-state index in [0.717, 1.165) is 19.3 Å². The molecule has 1 aliphatic rings. The fourth-order valence-electron chi connectivity index (χ4n) is 1.89. The van der Waals surface area contributed by atoms with E-state index in [2.05, 4.69) is 0 Å². The summed E-state index contributed by atoms with van der Waals surface area (Å²) in [5.41, 5.74) is 0. The van der Waals surface area contributed by atoms with Crippen LogP contribution in [0.25, 0.3) is 0 Å². The van der Waals surface area contributed by atoms with Crippen molar-refractivity contribution in [1.82, 2.24) is 0 Å². The van der Waals surface area contributed by atoms with E-state index >= 15 is 0 Å². The van der Waals surface area contributed by atoms with Crippen molar-refractivity contribution < 1.29 is 14.2 Å². The molecule has 13 heavy (non-hydrogen) atoms. The summed E-state index contributed by atoms with van der Waals surface area (Å²) in [4.78, 5) is 0. The molecule has 0 amide bonds. The molecule has 0 aromatic rings. The van der Waals surface area contributed by atoms with Gasteiger partial charge in [-0.1, -0.05) is 19.3 Å². The average Bonchev–Trinajstić information content (AvgIpc) is 2.05. The molecule has 0 saturated heterocycles. The molecule has 0 radical (unpaired) electrons. The third kappa shape index (κ3) is 2.34. The Labute approximate surface area is 79.9 Å². The summed E-state index contributed by atoms with van der Waals surface area (Å²) in [7, 11) is -2.82. The maximum absolute atomic E-state index is 12.0. The van der Waals surface area contributed by atoms with Gasteiger partial charge in [-0.25, -0.2) is 0 Å². The molecule has 0 aromatic heterocycles. The van der Waals surface area contributed by atoms with Gasteiger partial charge in [0.25, 0.3) is 0 Å². The van der Waals surface area contributed by atoms with Crippen molar-refractivity contribution in [3.8, 4) is 0 Å². The largest absolute Gasteiger partial charge is 0.380 e. The van der Waals surface area contributed by atoms with Gasteiger partial charge in [-0.3, -0.25) is 4.57 Å². The molecule has 4 heteroatoms. The van der Waals surface area contributed by atoms with E-state index in [-0.39, 0.29) is 0 Å². The Balaban J connectivity index is 2.71. The minimum Gasteiger partial charge on any atom is -0.380 e. The molecule has 1 unspecified atom stereocenters. The standard InChI is InChI=1S/C9H19O3P/c1-3-12-13(2,11)9(10)7-5-4-6-8-9/h10H,3-8H2,1-2H3. The summed E-state index contributed by atoms with van der Waals surface area (Å²) in [6, 6.07) is 0. The van der Waals surface area contributed by atoms with E-state index in [1.54, 1.807) is 6.66 Å². The molecule has 3 nitrogen and oxygen atoms in total. The molecular weight excluding hydrogens is 187 g/mol. The lowest BCUT2D eigenvalue weighted by atomic mass is 9.97. The first-order valence-electron chi connectivity index (χ1n) is 4.96. The highest BCUT2D eigenvalue weighted by Crippen LogP contribution is 2.60. The smallest absolute Gasteiger partial charge is 0.230 e. The maximum atomic E-state index is 12.0. The third-order valence-electron chi connectivity index (χ3n) is 2.79. The third-order valence-corrected chi connectivity index (χ3v) is 5.50. The topological polar surface area (TPSA) is 46.5 Å². The van der Waals surface area contributed by atoms with Crippen molar-refractivity contribution >= 4 is 7.37 Å². The van der Waals surface area contributed by atoms with E-state index in [4.69, 9.17) is 4.52 Å². The van der Waals surface area contributed by atoms with Crippen LogP contribution in [-0.4, -0.2) is 23.7 Å². The number of aliphatic hydroxyl groups is 1. The van der Waals surface area contributed by atoms with Crippen molar-refractivity contribution in [1.29, 1.82) is 0 Å². The highest BCUT2D eigenvalue weighted by molar-refractivity contribution is 7.59. The first kappa shape index (κ1) is 11.2. The molecule has 0 aliphatic heterocycles. The SMILES string of the molecule is CCOP(C)(=O)C1(O)CCCCC1. The fourth-order valence-corrected chi connectivity index (χ4v) is 3.75. The molecule has 1 N–H and O–H groups in total.